The Morgan fingerprint density at radius 2 is 2.05 bits per heavy atom. The van der Waals surface area contributed by atoms with Gasteiger partial charge in [0.15, 0.2) is 0 Å². The molecule has 2 rings (SSSR count). The topological polar surface area (TPSA) is 88.8 Å². The summed E-state index contributed by atoms with van der Waals surface area (Å²) in [6, 6.07) is 2.17. The lowest BCUT2D eigenvalue weighted by Crippen LogP contribution is -2.38. The van der Waals surface area contributed by atoms with E-state index < -0.39 is 0 Å². The van der Waals surface area contributed by atoms with Crippen LogP contribution in [0.15, 0.2) is 6.07 Å². The lowest BCUT2D eigenvalue weighted by Gasteiger charge is -2.26. The molecule has 0 aromatic carbocycles. The molecule has 2 heterocycles. The summed E-state index contributed by atoms with van der Waals surface area (Å²) in [5.74, 6) is 6.85. The van der Waals surface area contributed by atoms with E-state index in [-0.39, 0.29) is 0 Å². The van der Waals surface area contributed by atoms with Crippen molar-refractivity contribution in [2.45, 2.75) is 13.8 Å². The van der Waals surface area contributed by atoms with Crippen LogP contribution in [0.25, 0.3) is 0 Å². The molecule has 0 atom stereocenters. The zero-order valence-electron chi connectivity index (χ0n) is 13.4. The molecule has 0 saturated carbocycles. The Kier molecular flexibility index (Phi) is 6.63. The fourth-order valence-electron chi connectivity index (χ4n) is 2.35. The predicted octanol–water partition coefficient (Wildman–Crippen LogP) is 0.319. The first-order valence-corrected chi connectivity index (χ1v) is 7.80. The van der Waals surface area contributed by atoms with Crippen molar-refractivity contribution < 1.29 is 9.47 Å². The number of nitrogen functional groups attached to an aromatic ring is 1. The molecule has 8 heteroatoms. The molecule has 1 saturated heterocycles. The van der Waals surface area contributed by atoms with E-state index in [1.165, 1.54) is 0 Å². The first kappa shape index (κ1) is 16.7. The van der Waals surface area contributed by atoms with E-state index in [1.54, 1.807) is 0 Å². The lowest BCUT2D eigenvalue weighted by atomic mass is 10.4. The van der Waals surface area contributed by atoms with Crippen LogP contribution in [0.1, 0.15) is 13.8 Å². The largest absolute Gasteiger partial charge is 0.462 e. The van der Waals surface area contributed by atoms with Crippen molar-refractivity contribution in [2.75, 3.05) is 62.9 Å². The van der Waals surface area contributed by atoms with Gasteiger partial charge in [0, 0.05) is 38.8 Å². The number of morpholine rings is 1. The fourth-order valence-corrected chi connectivity index (χ4v) is 2.35. The van der Waals surface area contributed by atoms with Crippen LogP contribution < -0.4 is 20.9 Å². The Morgan fingerprint density at radius 1 is 1.32 bits per heavy atom. The van der Waals surface area contributed by atoms with Gasteiger partial charge in [0.05, 0.1) is 13.2 Å². The van der Waals surface area contributed by atoms with Gasteiger partial charge in [-0.2, -0.15) is 9.97 Å². The molecule has 0 bridgehead atoms. The minimum atomic E-state index is 0.352. The van der Waals surface area contributed by atoms with Crippen molar-refractivity contribution in [3.8, 4) is 6.01 Å². The molecule has 8 nitrogen and oxygen atoms in total. The van der Waals surface area contributed by atoms with E-state index in [2.05, 4.69) is 39.0 Å². The van der Waals surface area contributed by atoms with Gasteiger partial charge in [-0.05, 0) is 13.8 Å². The third kappa shape index (κ3) is 4.69. The third-order valence-electron chi connectivity index (χ3n) is 3.67. The van der Waals surface area contributed by atoms with Crippen molar-refractivity contribution in [2.24, 2.45) is 5.84 Å². The first-order chi connectivity index (χ1) is 10.8. The van der Waals surface area contributed by atoms with Gasteiger partial charge in [0.1, 0.15) is 18.2 Å². The standard InChI is InChI=1S/C14H26N6O2/c1-3-20(4-2)13-11-12(18-15)16-14(17-13)22-10-7-19-5-8-21-9-6-19/h11H,3-10,15H2,1-2H3,(H,16,17,18). The zero-order chi connectivity index (χ0) is 15.8. The van der Waals surface area contributed by atoms with Gasteiger partial charge in [0.2, 0.25) is 0 Å². The second-order valence-corrected chi connectivity index (χ2v) is 5.01. The minimum Gasteiger partial charge on any atom is -0.462 e. The third-order valence-corrected chi connectivity index (χ3v) is 3.67. The Morgan fingerprint density at radius 3 is 2.68 bits per heavy atom. The summed E-state index contributed by atoms with van der Waals surface area (Å²) in [6.07, 6.45) is 0. The number of ether oxygens (including phenoxy) is 2. The number of hydrogen-bond acceptors (Lipinski definition) is 8. The first-order valence-electron chi connectivity index (χ1n) is 7.80. The molecular weight excluding hydrogens is 284 g/mol. The maximum atomic E-state index is 5.70. The van der Waals surface area contributed by atoms with Crippen molar-refractivity contribution in [3.63, 3.8) is 0 Å². The summed E-state index contributed by atoms with van der Waals surface area (Å²) >= 11 is 0. The van der Waals surface area contributed by atoms with Crippen LogP contribution >= 0.6 is 0 Å². The highest BCUT2D eigenvalue weighted by molar-refractivity contribution is 5.49. The molecule has 124 valence electrons. The van der Waals surface area contributed by atoms with Crippen LogP contribution in [0.2, 0.25) is 0 Å². The van der Waals surface area contributed by atoms with Gasteiger partial charge in [-0.15, -0.1) is 0 Å². The Hall–Kier alpha value is -1.64. The van der Waals surface area contributed by atoms with Crippen molar-refractivity contribution >= 4 is 11.6 Å². The minimum absolute atomic E-state index is 0.352. The van der Waals surface area contributed by atoms with Crippen LogP contribution in [0, 0.1) is 0 Å². The monoisotopic (exact) mass is 310 g/mol. The average molecular weight is 310 g/mol. The highest BCUT2D eigenvalue weighted by atomic mass is 16.5. The van der Waals surface area contributed by atoms with Gasteiger partial charge in [-0.25, -0.2) is 5.84 Å². The fraction of sp³-hybridized carbons (Fsp3) is 0.714. The average Bonchev–Trinajstić information content (AvgIpc) is 2.57. The number of aromatic nitrogens is 2. The maximum absolute atomic E-state index is 5.70. The van der Waals surface area contributed by atoms with Crippen LogP contribution in [0.5, 0.6) is 6.01 Å². The van der Waals surface area contributed by atoms with Crippen molar-refractivity contribution in [1.29, 1.82) is 0 Å². The van der Waals surface area contributed by atoms with Gasteiger partial charge >= 0.3 is 6.01 Å². The Labute approximate surface area is 131 Å². The SMILES string of the molecule is CCN(CC)c1cc(NN)nc(OCCN2CCOCC2)n1. The second kappa shape index (κ2) is 8.72. The van der Waals surface area contributed by atoms with E-state index in [0.29, 0.717) is 18.4 Å². The number of nitrogens with two attached hydrogens (primary N) is 1. The van der Waals surface area contributed by atoms with E-state index in [1.807, 2.05) is 6.07 Å². The quantitative estimate of drug-likeness (QED) is 0.524. The Balaban J connectivity index is 1.95. The van der Waals surface area contributed by atoms with Crippen molar-refractivity contribution in [1.82, 2.24) is 14.9 Å². The lowest BCUT2D eigenvalue weighted by molar-refractivity contribution is 0.0317. The molecule has 1 aromatic rings. The second-order valence-electron chi connectivity index (χ2n) is 5.01. The molecular formula is C14H26N6O2. The molecule has 3 N–H and O–H groups in total. The summed E-state index contributed by atoms with van der Waals surface area (Å²) in [4.78, 5) is 13.1. The number of nitrogens with one attached hydrogen (secondary N) is 1. The summed E-state index contributed by atoms with van der Waals surface area (Å²) in [5, 5.41) is 0. The molecule has 0 spiro atoms. The number of nitrogens with zero attached hydrogens (tertiary/aromatic N) is 4. The van der Waals surface area contributed by atoms with Crippen LogP contribution in [0.4, 0.5) is 11.6 Å². The normalized spacial score (nSPS) is 15.6. The van der Waals surface area contributed by atoms with E-state index in [4.69, 9.17) is 15.3 Å². The van der Waals surface area contributed by atoms with Gasteiger partial charge in [-0.3, -0.25) is 4.90 Å². The summed E-state index contributed by atoms with van der Waals surface area (Å²) in [7, 11) is 0. The van der Waals surface area contributed by atoms with Crippen LogP contribution in [-0.2, 0) is 4.74 Å². The smallest absolute Gasteiger partial charge is 0.320 e. The summed E-state index contributed by atoms with van der Waals surface area (Å²) in [6.45, 7) is 10.7. The molecule has 0 unspecified atom stereocenters. The number of hydrazine groups is 1. The molecule has 0 radical (unpaired) electrons. The highest BCUT2D eigenvalue weighted by Gasteiger charge is 2.12. The zero-order valence-corrected chi connectivity index (χ0v) is 13.4. The molecule has 1 aromatic heterocycles. The molecule has 22 heavy (non-hydrogen) atoms. The van der Waals surface area contributed by atoms with Crippen molar-refractivity contribution in [3.05, 3.63) is 6.07 Å². The predicted molar refractivity (Wildman–Crippen MR) is 86.2 cm³/mol. The Bertz CT molecular complexity index is 449. The molecule has 1 aliphatic rings. The molecule has 1 aliphatic heterocycles. The maximum Gasteiger partial charge on any atom is 0.320 e. The molecule has 1 fully saturated rings. The van der Waals surface area contributed by atoms with Gasteiger partial charge in [-0.1, -0.05) is 0 Å². The van der Waals surface area contributed by atoms with Gasteiger partial charge in [0.25, 0.3) is 0 Å². The molecule has 0 aliphatic carbocycles. The van der Waals surface area contributed by atoms with Crippen LogP contribution in [-0.4, -0.2) is 67.4 Å². The van der Waals surface area contributed by atoms with E-state index in [0.717, 1.165) is 51.8 Å². The summed E-state index contributed by atoms with van der Waals surface area (Å²) in [5.41, 5.74) is 2.57. The van der Waals surface area contributed by atoms with Gasteiger partial charge < -0.3 is 19.8 Å². The number of rotatable bonds is 8. The number of anilines is 2. The highest BCUT2D eigenvalue weighted by Crippen LogP contribution is 2.18. The summed E-state index contributed by atoms with van der Waals surface area (Å²) < 4.78 is 11.0. The number of hydrogen-bond donors (Lipinski definition) is 2. The van der Waals surface area contributed by atoms with Crippen LogP contribution in [0.3, 0.4) is 0 Å². The molecule has 0 amide bonds. The van der Waals surface area contributed by atoms with E-state index in [9.17, 15) is 0 Å². The van der Waals surface area contributed by atoms with E-state index >= 15 is 0 Å².